The van der Waals surface area contributed by atoms with Crippen LogP contribution in [0.3, 0.4) is 0 Å². The van der Waals surface area contributed by atoms with Crippen molar-refractivity contribution in [3.8, 4) is 5.75 Å². The molecule has 0 saturated carbocycles. The largest absolute Gasteiger partial charge is 0.487 e. The van der Waals surface area contributed by atoms with Crippen molar-refractivity contribution in [2.45, 2.75) is 12.5 Å². The van der Waals surface area contributed by atoms with E-state index < -0.39 is 10.2 Å². The number of ether oxygens (including phenoxy) is 2. The lowest BCUT2D eigenvalue weighted by molar-refractivity contribution is 0.0704. The summed E-state index contributed by atoms with van der Waals surface area (Å²) in [5.41, 5.74) is 0. The third-order valence-electron chi connectivity index (χ3n) is 3.76. The molecule has 2 saturated heterocycles. The molecule has 1 unspecified atom stereocenters. The highest BCUT2D eigenvalue weighted by Crippen LogP contribution is 2.27. The summed E-state index contributed by atoms with van der Waals surface area (Å²) in [6, 6.07) is 1.68. The molecule has 0 bridgehead atoms. The zero-order valence-corrected chi connectivity index (χ0v) is 13.6. The second kappa shape index (κ2) is 6.67. The van der Waals surface area contributed by atoms with Crippen LogP contribution in [0.1, 0.15) is 6.42 Å². The van der Waals surface area contributed by atoms with Crippen LogP contribution in [-0.2, 0) is 14.9 Å². The molecule has 3 rings (SSSR count). The summed E-state index contributed by atoms with van der Waals surface area (Å²) >= 11 is 6.01. The van der Waals surface area contributed by atoms with Crippen LogP contribution in [0.15, 0.2) is 18.5 Å². The number of halogens is 1. The molecule has 0 amide bonds. The predicted molar refractivity (Wildman–Crippen MR) is 81.2 cm³/mol. The lowest BCUT2D eigenvalue weighted by Gasteiger charge is -2.30. The van der Waals surface area contributed by atoms with Crippen molar-refractivity contribution in [1.82, 2.24) is 13.6 Å². The summed E-state index contributed by atoms with van der Waals surface area (Å²) in [6.45, 7) is 2.48. The fourth-order valence-corrected chi connectivity index (χ4v) is 4.37. The van der Waals surface area contributed by atoms with Gasteiger partial charge < -0.3 is 9.47 Å². The van der Waals surface area contributed by atoms with Crippen molar-refractivity contribution in [1.29, 1.82) is 0 Å². The van der Waals surface area contributed by atoms with Gasteiger partial charge in [0.1, 0.15) is 16.9 Å². The number of hydrogen-bond donors (Lipinski definition) is 0. The Morgan fingerprint density at radius 3 is 2.77 bits per heavy atom. The highest BCUT2D eigenvalue weighted by atomic mass is 35.5. The summed E-state index contributed by atoms with van der Waals surface area (Å²) in [4.78, 5) is 3.90. The van der Waals surface area contributed by atoms with E-state index in [4.69, 9.17) is 21.1 Å². The Labute approximate surface area is 135 Å². The van der Waals surface area contributed by atoms with Gasteiger partial charge in [0.25, 0.3) is 10.2 Å². The molecule has 22 heavy (non-hydrogen) atoms. The van der Waals surface area contributed by atoms with Crippen molar-refractivity contribution in [3.05, 3.63) is 23.5 Å². The Bertz CT molecular complexity index is 621. The number of pyridine rings is 1. The van der Waals surface area contributed by atoms with Gasteiger partial charge in [0, 0.05) is 38.1 Å². The summed E-state index contributed by atoms with van der Waals surface area (Å²) in [5, 5.41) is 0.428. The number of morpholine rings is 1. The predicted octanol–water partition coefficient (Wildman–Crippen LogP) is 0.765. The molecule has 0 radical (unpaired) electrons. The average molecular weight is 348 g/mol. The van der Waals surface area contributed by atoms with Crippen LogP contribution in [0.2, 0.25) is 5.02 Å². The van der Waals surface area contributed by atoms with Crippen molar-refractivity contribution < 1.29 is 17.9 Å². The van der Waals surface area contributed by atoms with E-state index in [0.717, 1.165) is 0 Å². The minimum atomic E-state index is -3.44. The first-order valence-electron chi connectivity index (χ1n) is 7.16. The van der Waals surface area contributed by atoms with Crippen LogP contribution in [0, 0.1) is 0 Å². The van der Waals surface area contributed by atoms with E-state index >= 15 is 0 Å². The van der Waals surface area contributed by atoms with Crippen molar-refractivity contribution >= 4 is 21.8 Å². The second-order valence-electron chi connectivity index (χ2n) is 5.21. The molecule has 3 heterocycles. The molecule has 1 aromatic heterocycles. The van der Waals surface area contributed by atoms with Crippen LogP contribution in [0.25, 0.3) is 0 Å². The smallest absolute Gasteiger partial charge is 0.282 e. The molecule has 7 nitrogen and oxygen atoms in total. The zero-order valence-electron chi connectivity index (χ0n) is 12.0. The highest BCUT2D eigenvalue weighted by molar-refractivity contribution is 7.86. The lowest BCUT2D eigenvalue weighted by Crippen LogP contribution is -2.48. The molecule has 0 N–H and O–H groups in total. The van der Waals surface area contributed by atoms with E-state index in [1.54, 1.807) is 12.3 Å². The maximum Gasteiger partial charge on any atom is 0.282 e. The summed E-state index contributed by atoms with van der Waals surface area (Å²) in [5.74, 6) is 0.535. The molecule has 0 aromatic carbocycles. The van der Waals surface area contributed by atoms with Crippen LogP contribution >= 0.6 is 11.6 Å². The number of aromatic nitrogens is 1. The lowest BCUT2D eigenvalue weighted by atomic mass is 10.3. The van der Waals surface area contributed by atoms with Crippen molar-refractivity contribution in [3.63, 3.8) is 0 Å². The molecule has 1 aromatic rings. The molecular weight excluding hydrogens is 330 g/mol. The first-order chi connectivity index (χ1) is 10.6. The number of nitrogens with zero attached hydrogens (tertiary/aromatic N) is 3. The summed E-state index contributed by atoms with van der Waals surface area (Å²) < 4.78 is 39.1. The van der Waals surface area contributed by atoms with Gasteiger partial charge in [-0.3, -0.25) is 4.98 Å². The molecule has 122 valence electrons. The number of rotatable bonds is 4. The van der Waals surface area contributed by atoms with Crippen LogP contribution in [0.5, 0.6) is 5.75 Å². The fourth-order valence-electron chi connectivity index (χ4n) is 2.58. The summed E-state index contributed by atoms with van der Waals surface area (Å²) in [6.07, 6.45) is 3.55. The quantitative estimate of drug-likeness (QED) is 0.804. The first kappa shape index (κ1) is 15.9. The minimum Gasteiger partial charge on any atom is -0.487 e. The van der Waals surface area contributed by atoms with Crippen LogP contribution in [0.4, 0.5) is 0 Å². The van der Waals surface area contributed by atoms with Crippen molar-refractivity contribution in [2.24, 2.45) is 0 Å². The van der Waals surface area contributed by atoms with Crippen molar-refractivity contribution in [2.75, 3.05) is 39.4 Å². The molecule has 2 aliphatic heterocycles. The Hall–Kier alpha value is -0.930. The maximum atomic E-state index is 12.6. The SMILES string of the molecule is O=S(=O)(N1CCOCC1)N1CCC(Oc2ccncc2Cl)C1. The Balaban J connectivity index is 1.63. The van der Waals surface area contributed by atoms with Gasteiger partial charge in [-0.15, -0.1) is 0 Å². The Kier molecular flexibility index (Phi) is 4.84. The van der Waals surface area contributed by atoms with Gasteiger partial charge in [-0.2, -0.15) is 17.0 Å². The van der Waals surface area contributed by atoms with Crippen LogP contribution < -0.4 is 4.74 Å². The van der Waals surface area contributed by atoms with Gasteiger partial charge in [0.2, 0.25) is 0 Å². The third-order valence-corrected chi connectivity index (χ3v) is 6.05. The standard InChI is InChI=1S/C13H18ClN3O4S/c14-12-9-15-3-1-13(12)21-11-2-4-17(10-11)22(18,19)16-5-7-20-8-6-16/h1,3,9,11H,2,4-8,10H2. The first-order valence-corrected chi connectivity index (χ1v) is 8.94. The molecule has 1 atom stereocenters. The van der Waals surface area contributed by atoms with E-state index in [9.17, 15) is 8.42 Å². The molecular formula is C13H18ClN3O4S. The Morgan fingerprint density at radius 2 is 2.05 bits per heavy atom. The van der Waals surface area contributed by atoms with E-state index in [1.807, 2.05) is 0 Å². The molecule has 0 spiro atoms. The highest BCUT2D eigenvalue weighted by Gasteiger charge is 2.37. The van der Waals surface area contributed by atoms with Gasteiger partial charge in [-0.05, 0) is 6.42 Å². The van der Waals surface area contributed by atoms with Gasteiger partial charge in [0.15, 0.2) is 0 Å². The molecule has 2 fully saturated rings. The monoisotopic (exact) mass is 347 g/mol. The molecule has 2 aliphatic rings. The fraction of sp³-hybridized carbons (Fsp3) is 0.615. The van der Waals surface area contributed by atoms with E-state index in [0.29, 0.717) is 56.6 Å². The van der Waals surface area contributed by atoms with Crippen LogP contribution in [-0.4, -0.2) is 67.5 Å². The van der Waals surface area contributed by atoms with Gasteiger partial charge in [0.05, 0.1) is 19.8 Å². The zero-order chi connectivity index (χ0) is 15.6. The maximum absolute atomic E-state index is 12.6. The normalized spacial score (nSPS) is 24.5. The topological polar surface area (TPSA) is 72.0 Å². The molecule has 0 aliphatic carbocycles. The third kappa shape index (κ3) is 3.36. The van der Waals surface area contributed by atoms with E-state index in [-0.39, 0.29) is 6.10 Å². The molecule has 9 heteroatoms. The average Bonchev–Trinajstić information content (AvgIpc) is 3.00. The van der Waals surface area contributed by atoms with Gasteiger partial charge in [-0.25, -0.2) is 0 Å². The second-order valence-corrected chi connectivity index (χ2v) is 7.55. The minimum absolute atomic E-state index is 0.198. The van der Waals surface area contributed by atoms with E-state index in [2.05, 4.69) is 4.98 Å². The van der Waals surface area contributed by atoms with Gasteiger partial charge >= 0.3 is 0 Å². The Morgan fingerprint density at radius 1 is 1.27 bits per heavy atom. The number of hydrogen-bond acceptors (Lipinski definition) is 5. The van der Waals surface area contributed by atoms with Gasteiger partial charge in [-0.1, -0.05) is 11.6 Å². The van der Waals surface area contributed by atoms with E-state index in [1.165, 1.54) is 14.8 Å². The summed E-state index contributed by atoms with van der Waals surface area (Å²) in [7, 11) is -3.44.